The lowest BCUT2D eigenvalue weighted by Gasteiger charge is -2.04. The highest BCUT2D eigenvalue weighted by molar-refractivity contribution is 5.92. The zero-order valence-electron chi connectivity index (χ0n) is 20.8. The Hall–Kier alpha value is -3.34. The number of benzene rings is 2. The van der Waals surface area contributed by atoms with Gasteiger partial charge in [-0.15, -0.1) is 0 Å². The normalized spacial score (nSPS) is 11.2. The lowest BCUT2D eigenvalue weighted by molar-refractivity contribution is -0.117. The van der Waals surface area contributed by atoms with Gasteiger partial charge in [-0.3, -0.25) is 9.59 Å². The van der Waals surface area contributed by atoms with Crippen molar-refractivity contribution in [3.05, 3.63) is 77.9 Å². The Balaban J connectivity index is 1.33. The Morgan fingerprint density at radius 3 is 1.43 bits per heavy atom. The van der Waals surface area contributed by atoms with E-state index in [4.69, 9.17) is 0 Å². The maximum atomic E-state index is 11.8. The molecule has 2 aromatic rings. The zero-order valence-corrected chi connectivity index (χ0v) is 20.8. The highest BCUT2D eigenvalue weighted by Gasteiger charge is 1.98. The molecule has 35 heavy (non-hydrogen) atoms. The average Bonchev–Trinajstić information content (AvgIpc) is 2.88. The molecular weight excluding hydrogens is 436 g/mol. The van der Waals surface area contributed by atoms with Gasteiger partial charge in [-0.1, -0.05) is 93.8 Å². The first kappa shape index (κ1) is 27.9. The molecule has 0 radical (unpaired) electrons. The van der Waals surface area contributed by atoms with E-state index in [-0.39, 0.29) is 17.6 Å². The molecule has 0 saturated carbocycles. The number of phenolic OH excluding ortho intramolecular Hbond substituents is 1. The second-order valence-corrected chi connectivity index (χ2v) is 8.79. The number of carbonyl (C=O) groups excluding carboxylic acids is 2. The Bertz CT molecular complexity index is 905. The first-order chi connectivity index (χ1) is 17.1. The molecular formula is C30H40N2O3. The summed E-state index contributed by atoms with van der Waals surface area (Å²) >= 11 is 0. The number of unbranched alkanes of at least 4 members (excludes halogenated alkanes) is 9. The van der Waals surface area contributed by atoms with Crippen LogP contribution in [0.5, 0.6) is 5.75 Å². The third-order valence-corrected chi connectivity index (χ3v) is 5.75. The Labute approximate surface area is 210 Å². The van der Waals surface area contributed by atoms with Crippen molar-refractivity contribution in [2.24, 2.45) is 0 Å². The predicted octanol–water partition coefficient (Wildman–Crippen LogP) is 6.25. The van der Waals surface area contributed by atoms with Crippen molar-refractivity contribution in [2.45, 2.75) is 64.2 Å². The summed E-state index contributed by atoms with van der Waals surface area (Å²) in [6.07, 6.45) is 18.5. The number of amides is 2. The van der Waals surface area contributed by atoms with Gasteiger partial charge in [0, 0.05) is 25.2 Å². The Morgan fingerprint density at radius 1 is 0.571 bits per heavy atom. The summed E-state index contributed by atoms with van der Waals surface area (Å²) in [4.78, 5) is 23.6. The molecule has 0 aromatic heterocycles. The van der Waals surface area contributed by atoms with E-state index in [1.54, 1.807) is 36.4 Å². The minimum Gasteiger partial charge on any atom is -0.508 e. The monoisotopic (exact) mass is 476 g/mol. The molecule has 0 aliphatic rings. The second kappa shape index (κ2) is 18.0. The van der Waals surface area contributed by atoms with Gasteiger partial charge < -0.3 is 15.7 Å². The number of phenols is 1. The smallest absolute Gasteiger partial charge is 0.243 e. The van der Waals surface area contributed by atoms with E-state index in [0.717, 1.165) is 43.4 Å². The van der Waals surface area contributed by atoms with Crippen LogP contribution in [0.15, 0.2) is 66.7 Å². The number of carbonyl (C=O) groups is 2. The first-order valence-electron chi connectivity index (χ1n) is 12.9. The fourth-order valence-electron chi connectivity index (χ4n) is 3.70. The molecule has 2 amide bonds. The van der Waals surface area contributed by atoms with Crippen molar-refractivity contribution in [1.82, 2.24) is 10.6 Å². The van der Waals surface area contributed by atoms with E-state index in [0.29, 0.717) is 6.54 Å². The zero-order chi connectivity index (χ0) is 25.0. The lowest BCUT2D eigenvalue weighted by Crippen LogP contribution is -2.21. The molecule has 2 aromatic carbocycles. The van der Waals surface area contributed by atoms with Crippen molar-refractivity contribution >= 4 is 24.0 Å². The molecule has 188 valence electrons. The van der Waals surface area contributed by atoms with Crippen LogP contribution in [-0.4, -0.2) is 30.0 Å². The van der Waals surface area contributed by atoms with Gasteiger partial charge in [0.15, 0.2) is 0 Å². The highest BCUT2D eigenvalue weighted by atomic mass is 16.3. The van der Waals surface area contributed by atoms with Gasteiger partial charge in [-0.05, 0) is 48.3 Å². The van der Waals surface area contributed by atoms with Crippen LogP contribution < -0.4 is 10.6 Å². The molecule has 0 aliphatic heterocycles. The number of hydrogen-bond acceptors (Lipinski definition) is 3. The van der Waals surface area contributed by atoms with Gasteiger partial charge in [0.05, 0.1) is 0 Å². The first-order valence-corrected chi connectivity index (χ1v) is 12.9. The predicted molar refractivity (Wildman–Crippen MR) is 145 cm³/mol. The fraction of sp³-hybridized carbons (Fsp3) is 0.400. The SMILES string of the molecule is O=C(C=Cc1ccccc1)NCCCCCCCCCCCCNC(=O)C=Cc1ccc(O)cc1. The Kier molecular flexibility index (Phi) is 14.4. The van der Waals surface area contributed by atoms with Crippen LogP contribution in [0.4, 0.5) is 0 Å². The van der Waals surface area contributed by atoms with Crippen LogP contribution in [0.3, 0.4) is 0 Å². The van der Waals surface area contributed by atoms with E-state index in [9.17, 15) is 14.7 Å². The van der Waals surface area contributed by atoms with Crippen molar-refractivity contribution in [3.8, 4) is 5.75 Å². The maximum Gasteiger partial charge on any atom is 0.243 e. The van der Waals surface area contributed by atoms with Crippen LogP contribution >= 0.6 is 0 Å². The second-order valence-electron chi connectivity index (χ2n) is 8.79. The van der Waals surface area contributed by atoms with E-state index < -0.39 is 0 Å². The summed E-state index contributed by atoms with van der Waals surface area (Å²) in [7, 11) is 0. The quantitative estimate of drug-likeness (QED) is 0.186. The summed E-state index contributed by atoms with van der Waals surface area (Å²) in [5, 5.41) is 15.1. The number of hydrogen-bond donors (Lipinski definition) is 3. The van der Waals surface area contributed by atoms with E-state index >= 15 is 0 Å². The largest absolute Gasteiger partial charge is 0.508 e. The fourth-order valence-corrected chi connectivity index (χ4v) is 3.70. The van der Waals surface area contributed by atoms with Crippen molar-refractivity contribution in [1.29, 1.82) is 0 Å². The van der Waals surface area contributed by atoms with Crippen LogP contribution in [0.25, 0.3) is 12.2 Å². The molecule has 0 bridgehead atoms. The molecule has 0 aliphatic carbocycles. The molecule has 0 unspecified atom stereocenters. The third kappa shape index (κ3) is 14.5. The van der Waals surface area contributed by atoms with Gasteiger partial charge in [-0.2, -0.15) is 0 Å². The summed E-state index contributed by atoms with van der Waals surface area (Å²) in [5.74, 6) is 0.109. The van der Waals surface area contributed by atoms with Crippen LogP contribution in [0.2, 0.25) is 0 Å². The van der Waals surface area contributed by atoms with Crippen LogP contribution in [0, 0.1) is 0 Å². The van der Waals surface area contributed by atoms with Gasteiger partial charge in [-0.25, -0.2) is 0 Å². The van der Waals surface area contributed by atoms with Gasteiger partial charge >= 0.3 is 0 Å². The number of rotatable bonds is 17. The molecule has 5 heteroatoms. The van der Waals surface area contributed by atoms with Gasteiger partial charge in [0.1, 0.15) is 5.75 Å². The van der Waals surface area contributed by atoms with Crippen molar-refractivity contribution < 1.29 is 14.7 Å². The van der Waals surface area contributed by atoms with E-state index in [1.165, 1.54) is 44.6 Å². The molecule has 0 atom stereocenters. The summed E-state index contributed by atoms with van der Waals surface area (Å²) in [5.41, 5.74) is 1.92. The average molecular weight is 477 g/mol. The summed E-state index contributed by atoms with van der Waals surface area (Å²) in [6, 6.07) is 16.6. The highest BCUT2D eigenvalue weighted by Crippen LogP contribution is 2.11. The van der Waals surface area contributed by atoms with Crippen LogP contribution in [0.1, 0.15) is 75.3 Å². The summed E-state index contributed by atoms with van der Waals surface area (Å²) < 4.78 is 0. The summed E-state index contributed by atoms with van der Waals surface area (Å²) in [6.45, 7) is 1.44. The number of aromatic hydroxyl groups is 1. The molecule has 0 spiro atoms. The van der Waals surface area contributed by atoms with Gasteiger partial charge in [0.2, 0.25) is 11.8 Å². The van der Waals surface area contributed by atoms with Crippen molar-refractivity contribution in [3.63, 3.8) is 0 Å². The Morgan fingerprint density at radius 2 is 0.971 bits per heavy atom. The van der Waals surface area contributed by atoms with Gasteiger partial charge in [0.25, 0.3) is 0 Å². The molecule has 0 heterocycles. The molecule has 3 N–H and O–H groups in total. The minimum atomic E-state index is -0.0821. The number of nitrogens with one attached hydrogen (secondary N) is 2. The molecule has 0 saturated heterocycles. The minimum absolute atomic E-state index is 0.0287. The lowest BCUT2D eigenvalue weighted by atomic mass is 10.1. The van der Waals surface area contributed by atoms with E-state index in [2.05, 4.69) is 10.6 Å². The topological polar surface area (TPSA) is 78.4 Å². The van der Waals surface area contributed by atoms with Crippen molar-refractivity contribution in [2.75, 3.05) is 13.1 Å². The third-order valence-electron chi connectivity index (χ3n) is 5.75. The maximum absolute atomic E-state index is 11.8. The molecule has 2 rings (SSSR count). The van der Waals surface area contributed by atoms with E-state index in [1.807, 2.05) is 36.4 Å². The van der Waals surface area contributed by atoms with Crippen LogP contribution in [-0.2, 0) is 9.59 Å². The standard InChI is InChI=1S/C30H40N2O3/c33-28-20-16-27(17-21-28)19-23-30(35)32-25-13-8-6-4-2-1-3-5-7-12-24-31-29(34)22-18-26-14-10-9-11-15-26/h9-11,14-23,33H,1-8,12-13,24-25H2,(H,31,34)(H,32,35). The molecule has 5 nitrogen and oxygen atoms in total. The molecule has 0 fully saturated rings.